The summed E-state index contributed by atoms with van der Waals surface area (Å²) in [4.78, 5) is 29.4. The van der Waals surface area contributed by atoms with Gasteiger partial charge in [0.1, 0.15) is 5.76 Å². The number of nitrogens with zero attached hydrogens (tertiary/aromatic N) is 1. The summed E-state index contributed by atoms with van der Waals surface area (Å²) in [5.41, 5.74) is 1.87. The van der Waals surface area contributed by atoms with Gasteiger partial charge in [0.15, 0.2) is 0 Å². The first-order chi connectivity index (χ1) is 16.9. The monoisotopic (exact) mass is 485 g/mol. The lowest BCUT2D eigenvalue weighted by Crippen LogP contribution is -2.54. The van der Waals surface area contributed by atoms with Crippen molar-refractivity contribution in [3.8, 4) is 11.5 Å². The first kappa shape index (κ1) is 25.3. The molecule has 0 unspecified atom stereocenters. The Morgan fingerprint density at radius 1 is 1.06 bits per heavy atom. The summed E-state index contributed by atoms with van der Waals surface area (Å²) < 4.78 is 22.8. The highest BCUT2D eigenvalue weighted by atomic mass is 16.7. The van der Waals surface area contributed by atoms with Crippen LogP contribution in [0.2, 0.25) is 0 Å². The molecule has 2 fully saturated rings. The van der Waals surface area contributed by atoms with E-state index in [4.69, 9.17) is 18.6 Å². The Hall–Kier alpha value is -2.75. The second kappa shape index (κ2) is 11.8. The van der Waals surface area contributed by atoms with E-state index in [2.05, 4.69) is 15.6 Å². The number of ether oxygens (including phenoxy) is 3. The van der Waals surface area contributed by atoms with E-state index < -0.39 is 11.7 Å². The number of nitrogens with one attached hydrogen (secondary N) is 2. The van der Waals surface area contributed by atoms with Crippen molar-refractivity contribution < 1.29 is 28.2 Å². The van der Waals surface area contributed by atoms with E-state index in [1.807, 2.05) is 37.3 Å². The van der Waals surface area contributed by atoms with Crippen molar-refractivity contribution in [2.24, 2.45) is 11.8 Å². The van der Waals surface area contributed by atoms with Gasteiger partial charge < -0.3 is 29.3 Å². The number of carbonyl (C=O) groups is 2. The Balaban J connectivity index is 1.17. The molecule has 2 amide bonds. The van der Waals surface area contributed by atoms with Gasteiger partial charge in [0.2, 0.25) is 17.6 Å². The van der Waals surface area contributed by atoms with Crippen LogP contribution in [0.5, 0.6) is 0 Å². The summed E-state index contributed by atoms with van der Waals surface area (Å²) in [6, 6.07) is 9.82. The Morgan fingerprint density at radius 3 is 2.49 bits per heavy atom. The van der Waals surface area contributed by atoms with Gasteiger partial charge in [0.05, 0.1) is 25.5 Å². The van der Waals surface area contributed by atoms with Crippen LogP contribution in [0.25, 0.3) is 11.5 Å². The molecule has 1 aromatic heterocycles. The van der Waals surface area contributed by atoms with Gasteiger partial charge in [0, 0.05) is 31.2 Å². The van der Waals surface area contributed by atoms with E-state index in [9.17, 15) is 9.59 Å². The number of hydrogen-bond donors (Lipinski definition) is 2. The Bertz CT molecular complexity index is 978. The van der Waals surface area contributed by atoms with Crippen LogP contribution in [0.15, 0.2) is 34.7 Å². The van der Waals surface area contributed by atoms with E-state index in [0.717, 1.165) is 55.9 Å². The third-order valence-electron chi connectivity index (χ3n) is 6.64. The van der Waals surface area contributed by atoms with Crippen molar-refractivity contribution in [3.63, 3.8) is 0 Å². The lowest BCUT2D eigenvalue weighted by atomic mass is 10.0. The van der Waals surface area contributed by atoms with Crippen LogP contribution in [0, 0.1) is 18.8 Å². The maximum atomic E-state index is 12.6. The second-order valence-corrected chi connectivity index (χ2v) is 9.40. The van der Waals surface area contributed by atoms with Gasteiger partial charge in [-0.3, -0.25) is 9.59 Å². The molecule has 2 saturated heterocycles. The smallest absolute Gasteiger partial charge is 0.280 e. The largest absolute Gasteiger partial charge is 0.441 e. The molecule has 2 N–H and O–H groups in total. The molecule has 9 nitrogen and oxygen atoms in total. The predicted molar refractivity (Wildman–Crippen MR) is 128 cm³/mol. The zero-order valence-electron chi connectivity index (χ0n) is 20.5. The molecule has 1 aromatic carbocycles. The second-order valence-electron chi connectivity index (χ2n) is 9.40. The number of carbonyl (C=O) groups excluding carboxylic acids is 2. The van der Waals surface area contributed by atoms with Gasteiger partial charge in [-0.1, -0.05) is 18.2 Å². The highest BCUT2D eigenvalue weighted by molar-refractivity contribution is 5.88. The zero-order chi connectivity index (χ0) is 24.7. The lowest BCUT2D eigenvalue weighted by molar-refractivity contribution is -0.260. The molecule has 35 heavy (non-hydrogen) atoms. The van der Waals surface area contributed by atoms with Crippen LogP contribution in [0.1, 0.15) is 37.6 Å². The molecule has 0 radical (unpaired) electrons. The normalized spacial score (nSPS) is 23.1. The van der Waals surface area contributed by atoms with Crippen molar-refractivity contribution in [1.29, 1.82) is 0 Å². The van der Waals surface area contributed by atoms with Crippen molar-refractivity contribution in [1.82, 2.24) is 15.6 Å². The number of aryl methyl sites for hydroxylation is 2. The molecule has 0 saturated carbocycles. The summed E-state index contributed by atoms with van der Waals surface area (Å²) in [6.45, 7) is 6.25. The fourth-order valence-corrected chi connectivity index (χ4v) is 4.24. The van der Waals surface area contributed by atoms with Crippen molar-refractivity contribution >= 4 is 11.8 Å². The minimum atomic E-state index is -1.40. The fourth-order valence-electron chi connectivity index (χ4n) is 4.24. The average molecular weight is 486 g/mol. The molecule has 0 aliphatic carbocycles. The number of hydrogen-bond acceptors (Lipinski definition) is 7. The maximum Gasteiger partial charge on any atom is 0.280 e. The van der Waals surface area contributed by atoms with Gasteiger partial charge in [0.25, 0.3) is 5.91 Å². The Labute approximate surface area is 205 Å². The topological polar surface area (TPSA) is 112 Å². The Morgan fingerprint density at radius 2 is 1.77 bits per heavy atom. The number of benzene rings is 1. The van der Waals surface area contributed by atoms with E-state index in [-0.39, 0.29) is 18.4 Å². The van der Waals surface area contributed by atoms with Gasteiger partial charge >= 0.3 is 0 Å². The van der Waals surface area contributed by atoms with E-state index in [1.54, 1.807) is 6.92 Å². The number of oxazole rings is 1. The van der Waals surface area contributed by atoms with Crippen molar-refractivity contribution in [2.45, 2.75) is 45.3 Å². The van der Waals surface area contributed by atoms with Crippen LogP contribution in [-0.2, 0) is 30.2 Å². The van der Waals surface area contributed by atoms with Crippen LogP contribution in [0.3, 0.4) is 0 Å². The summed E-state index contributed by atoms with van der Waals surface area (Å²) in [5.74, 6) is -0.0845. The quantitative estimate of drug-likeness (QED) is 0.562. The average Bonchev–Trinajstić information content (AvgIpc) is 3.27. The van der Waals surface area contributed by atoms with Crippen LogP contribution >= 0.6 is 0 Å². The lowest BCUT2D eigenvalue weighted by Gasteiger charge is -2.36. The van der Waals surface area contributed by atoms with Crippen LogP contribution < -0.4 is 10.6 Å². The first-order valence-corrected chi connectivity index (χ1v) is 12.4. The molecule has 9 heteroatoms. The van der Waals surface area contributed by atoms with Gasteiger partial charge in [-0.2, -0.15) is 0 Å². The highest BCUT2D eigenvalue weighted by Crippen LogP contribution is 2.26. The minimum Gasteiger partial charge on any atom is -0.441 e. The molecular formula is C26H35N3O6. The standard InChI is InChI=1S/C26H35N3O6/c1-18-22(29-24(35-18)21-6-4-3-5-7-21)9-8-20-16-33-26(2,34-17-20)25(31)28-15-23(30)27-14-19-10-12-32-13-11-19/h3-7,19-20H,8-17H2,1-2H3,(H,27,30)(H,28,31). The molecular weight excluding hydrogens is 450 g/mol. The van der Waals surface area contributed by atoms with E-state index >= 15 is 0 Å². The van der Waals surface area contributed by atoms with Crippen molar-refractivity contribution in [2.75, 3.05) is 39.5 Å². The molecule has 2 aliphatic heterocycles. The minimum absolute atomic E-state index is 0.108. The van der Waals surface area contributed by atoms with E-state index in [0.29, 0.717) is 31.6 Å². The molecule has 2 aromatic rings. The molecule has 190 valence electrons. The number of rotatable bonds is 9. The summed E-state index contributed by atoms with van der Waals surface area (Å²) in [5, 5.41) is 5.51. The summed E-state index contributed by atoms with van der Waals surface area (Å²) >= 11 is 0. The Kier molecular flexibility index (Phi) is 8.54. The highest BCUT2D eigenvalue weighted by Gasteiger charge is 2.40. The molecule has 0 spiro atoms. The predicted octanol–water partition coefficient (Wildman–Crippen LogP) is 2.62. The molecule has 3 heterocycles. The molecule has 2 aliphatic rings. The number of amides is 2. The molecule has 0 atom stereocenters. The third kappa shape index (κ3) is 6.90. The third-order valence-corrected chi connectivity index (χ3v) is 6.64. The summed E-state index contributed by atoms with van der Waals surface area (Å²) in [6.07, 6.45) is 3.42. The SMILES string of the molecule is Cc1oc(-c2ccccc2)nc1CCC1COC(C)(C(=O)NCC(=O)NCC2CCOCC2)OC1. The van der Waals surface area contributed by atoms with Gasteiger partial charge in [-0.25, -0.2) is 4.98 Å². The van der Waals surface area contributed by atoms with Crippen LogP contribution in [0.4, 0.5) is 0 Å². The summed E-state index contributed by atoms with van der Waals surface area (Å²) in [7, 11) is 0. The van der Waals surface area contributed by atoms with Gasteiger partial charge in [-0.15, -0.1) is 0 Å². The first-order valence-electron chi connectivity index (χ1n) is 12.4. The van der Waals surface area contributed by atoms with Crippen LogP contribution in [-0.4, -0.2) is 62.1 Å². The van der Waals surface area contributed by atoms with E-state index in [1.165, 1.54) is 0 Å². The molecule has 0 bridgehead atoms. The van der Waals surface area contributed by atoms with Gasteiger partial charge in [-0.05, 0) is 57.6 Å². The number of aromatic nitrogens is 1. The molecule has 4 rings (SSSR count). The fraction of sp³-hybridized carbons (Fsp3) is 0.577. The zero-order valence-corrected chi connectivity index (χ0v) is 20.5. The maximum absolute atomic E-state index is 12.6. The van der Waals surface area contributed by atoms with Crippen molar-refractivity contribution in [3.05, 3.63) is 41.8 Å².